The number of amides is 1. The van der Waals surface area contributed by atoms with E-state index in [0.29, 0.717) is 0 Å². The van der Waals surface area contributed by atoms with Crippen LogP contribution in [0.5, 0.6) is 0 Å². The third kappa shape index (κ3) is 3.23. The van der Waals surface area contributed by atoms with Crippen molar-refractivity contribution in [1.29, 1.82) is 0 Å². The number of nitrogens with one attached hydrogen (secondary N) is 1. The summed E-state index contributed by atoms with van der Waals surface area (Å²) in [5.41, 5.74) is 1.84. The number of hydrogen-bond donors (Lipinski definition) is 1. The Kier molecular flexibility index (Phi) is 3.54. The molecule has 1 aromatic carbocycles. The van der Waals surface area contributed by atoms with Crippen molar-refractivity contribution >= 4 is 5.91 Å². The van der Waals surface area contributed by atoms with Gasteiger partial charge in [-0.25, -0.2) is 5.01 Å². The van der Waals surface area contributed by atoms with E-state index in [4.69, 9.17) is 0 Å². The summed E-state index contributed by atoms with van der Waals surface area (Å²) in [4.78, 5) is 11.4. The van der Waals surface area contributed by atoms with Crippen LogP contribution < -0.4 is 5.43 Å². The largest absolute Gasteiger partial charge is 0.416 e. The van der Waals surface area contributed by atoms with Gasteiger partial charge in [0.25, 0.3) is 5.91 Å². The molecule has 0 radical (unpaired) electrons. The Morgan fingerprint density at radius 3 is 2.06 bits per heavy atom. The molecule has 1 aromatic rings. The lowest BCUT2D eigenvalue weighted by molar-refractivity contribution is -0.137. The lowest BCUT2D eigenvalue weighted by Gasteiger charge is -2.12. The second-order valence-electron chi connectivity index (χ2n) is 3.41. The Balaban J connectivity index is 2.83. The Bertz CT molecular complexity index is 371. The maximum absolute atomic E-state index is 12.2. The Labute approximate surface area is 90.8 Å². The number of rotatable bonds is 2. The van der Waals surface area contributed by atoms with Gasteiger partial charge >= 0.3 is 6.18 Å². The third-order valence-electron chi connectivity index (χ3n) is 1.80. The molecule has 1 N–H and O–H groups in total. The molecular weight excluding hydrogens is 221 g/mol. The zero-order valence-electron chi connectivity index (χ0n) is 8.80. The Morgan fingerprint density at radius 1 is 1.19 bits per heavy atom. The van der Waals surface area contributed by atoms with Crippen molar-refractivity contribution in [3.8, 4) is 0 Å². The van der Waals surface area contributed by atoms with E-state index in [-0.39, 0.29) is 5.56 Å². The van der Waals surface area contributed by atoms with Gasteiger partial charge in [-0.15, -0.1) is 0 Å². The topological polar surface area (TPSA) is 32.3 Å². The maximum atomic E-state index is 12.2. The minimum absolute atomic E-state index is 0.182. The molecule has 0 unspecified atom stereocenters. The van der Waals surface area contributed by atoms with Crippen molar-refractivity contribution in [3.05, 3.63) is 35.4 Å². The number of carbonyl (C=O) groups excluding carboxylic acids is 1. The summed E-state index contributed by atoms with van der Waals surface area (Å²) in [7, 11) is 3.23. The SMILES string of the molecule is CN(C)NC(=O)c1ccc(C(F)(F)F)cc1. The number of alkyl halides is 3. The predicted molar refractivity (Wildman–Crippen MR) is 52.6 cm³/mol. The lowest BCUT2D eigenvalue weighted by Crippen LogP contribution is -2.36. The standard InChI is InChI=1S/C10H11F3N2O/c1-15(2)14-9(16)7-3-5-8(6-4-7)10(11,12)13/h3-6H,1-2H3,(H,14,16). The highest BCUT2D eigenvalue weighted by Crippen LogP contribution is 2.28. The Morgan fingerprint density at radius 2 is 1.69 bits per heavy atom. The van der Waals surface area contributed by atoms with Gasteiger partial charge in [0.05, 0.1) is 5.56 Å². The Hall–Kier alpha value is -1.56. The van der Waals surface area contributed by atoms with Crippen molar-refractivity contribution in [2.45, 2.75) is 6.18 Å². The molecule has 6 heteroatoms. The lowest BCUT2D eigenvalue weighted by atomic mass is 10.1. The molecule has 0 aromatic heterocycles. The number of hydrogen-bond acceptors (Lipinski definition) is 2. The first-order valence-electron chi connectivity index (χ1n) is 4.46. The van der Waals surface area contributed by atoms with Crippen LogP contribution in [0.1, 0.15) is 15.9 Å². The van der Waals surface area contributed by atoms with Gasteiger partial charge in [0.15, 0.2) is 0 Å². The number of nitrogens with zero attached hydrogens (tertiary/aromatic N) is 1. The van der Waals surface area contributed by atoms with Crippen molar-refractivity contribution in [2.24, 2.45) is 0 Å². The van der Waals surface area contributed by atoms with Crippen LogP contribution in [-0.2, 0) is 6.18 Å². The van der Waals surface area contributed by atoms with Crippen LogP contribution in [-0.4, -0.2) is 25.0 Å². The average molecular weight is 232 g/mol. The molecule has 1 rings (SSSR count). The van der Waals surface area contributed by atoms with Gasteiger partial charge in [0.2, 0.25) is 0 Å². The first kappa shape index (κ1) is 12.5. The molecule has 0 aliphatic rings. The molecule has 0 saturated carbocycles. The average Bonchev–Trinajstić information content (AvgIpc) is 2.15. The summed E-state index contributed by atoms with van der Waals surface area (Å²) in [6.07, 6.45) is -4.38. The quantitative estimate of drug-likeness (QED) is 0.790. The highest BCUT2D eigenvalue weighted by atomic mass is 19.4. The molecule has 0 heterocycles. The summed E-state index contributed by atoms with van der Waals surface area (Å²) in [6.45, 7) is 0. The minimum Gasteiger partial charge on any atom is -0.285 e. The summed E-state index contributed by atoms with van der Waals surface area (Å²) >= 11 is 0. The van der Waals surface area contributed by atoms with Crippen LogP contribution in [0.4, 0.5) is 13.2 Å². The van der Waals surface area contributed by atoms with E-state index in [1.807, 2.05) is 0 Å². The van der Waals surface area contributed by atoms with E-state index < -0.39 is 17.6 Å². The van der Waals surface area contributed by atoms with E-state index in [1.54, 1.807) is 14.1 Å². The predicted octanol–water partition coefficient (Wildman–Crippen LogP) is 1.91. The third-order valence-corrected chi connectivity index (χ3v) is 1.80. The molecule has 88 valence electrons. The number of benzene rings is 1. The normalized spacial score (nSPS) is 11.6. The van der Waals surface area contributed by atoms with Crippen molar-refractivity contribution < 1.29 is 18.0 Å². The van der Waals surface area contributed by atoms with Crippen LogP contribution in [0.2, 0.25) is 0 Å². The summed E-state index contributed by atoms with van der Waals surface area (Å²) in [6, 6.07) is 4.04. The molecule has 1 amide bonds. The molecule has 0 aliphatic carbocycles. The highest BCUT2D eigenvalue weighted by molar-refractivity contribution is 5.93. The van der Waals surface area contributed by atoms with Crippen LogP contribution in [0, 0.1) is 0 Å². The summed E-state index contributed by atoms with van der Waals surface area (Å²) in [5, 5.41) is 1.42. The number of carbonyl (C=O) groups is 1. The monoisotopic (exact) mass is 232 g/mol. The van der Waals surface area contributed by atoms with Crippen molar-refractivity contribution in [1.82, 2.24) is 10.4 Å². The zero-order valence-corrected chi connectivity index (χ0v) is 8.80. The molecule has 0 aliphatic heterocycles. The molecular formula is C10H11F3N2O. The van der Waals surface area contributed by atoms with Gasteiger partial charge in [-0.3, -0.25) is 10.2 Å². The van der Waals surface area contributed by atoms with E-state index in [1.165, 1.54) is 5.01 Å². The summed E-state index contributed by atoms with van der Waals surface area (Å²) in [5.74, 6) is -0.446. The minimum atomic E-state index is -4.38. The fraction of sp³-hybridized carbons (Fsp3) is 0.300. The van der Waals surface area contributed by atoms with E-state index in [0.717, 1.165) is 24.3 Å². The zero-order chi connectivity index (χ0) is 12.3. The summed E-state index contributed by atoms with van der Waals surface area (Å²) < 4.78 is 36.7. The fourth-order valence-corrected chi connectivity index (χ4v) is 1.08. The van der Waals surface area contributed by atoms with Gasteiger partial charge in [-0.05, 0) is 24.3 Å². The molecule has 16 heavy (non-hydrogen) atoms. The maximum Gasteiger partial charge on any atom is 0.416 e. The molecule has 0 bridgehead atoms. The van der Waals surface area contributed by atoms with E-state index in [9.17, 15) is 18.0 Å². The first-order chi connectivity index (χ1) is 7.30. The molecule has 0 saturated heterocycles. The second kappa shape index (κ2) is 4.52. The highest BCUT2D eigenvalue weighted by Gasteiger charge is 2.30. The van der Waals surface area contributed by atoms with Gasteiger partial charge in [-0.1, -0.05) is 0 Å². The van der Waals surface area contributed by atoms with Crippen molar-refractivity contribution in [3.63, 3.8) is 0 Å². The fourth-order valence-electron chi connectivity index (χ4n) is 1.08. The molecule has 3 nitrogen and oxygen atoms in total. The van der Waals surface area contributed by atoms with Gasteiger partial charge in [0.1, 0.15) is 0 Å². The molecule has 0 atom stereocenters. The van der Waals surface area contributed by atoms with Crippen LogP contribution in [0.15, 0.2) is 24.3 Å². The number of hydrazine groups is 1. The van der Waals surface area contributed by atoms with Gasteiger partial charge < -0.3 is 0 Å². The smallest absolute Gasteiger partial charge is 0.285 e. The van der Waals surface area contributed by atoms with E-state index >= 15 is 0 Å². The van der Waals surface area contributed by atoms with Crippen LogP contribution in [0.3, 0.4) is 0 Å². The first-order valence-corrected chi connectivity index (χ1v) is 4.46. The van der Waals surface area contributed by atoms with Crippen LogP contribution >= 0.6 is 0 Å². The number of halogens is 3. The molecule has 0 spiro atoms. The van der Waals surface area contributed by atoms with Gasteiger partial charge in [0, 0.05) is 19.7 Å². The van der Waals surface area contributed by atoms with Crippen molar-refractivity contribution in [2.75, 3.05) is 14.1 Å². The molecule has 0 fully saturated rings. The van der Waals surface area contributed by atoms with E-state index in [2.05, 4.69) is 5.43 Å². The second-order valence-corrected chi connectivity index (χ2v) is 3.41. The van der Waals surface area contributed by atoms with Gasteiger partial charge in [-0.2, -0.15) is 13.2 Å². The van der Waals surface area contributed by atoms with Crippen LogP contribution in [0.25, 0.3) is 0 Å².